The fourth-order valence-electron chi connectivity index (χ4n) is 6.12. The third-order valence-corrected chi connectivity index (χ3v) is 8.54. The van der Waals surface area contributed by atoms with Crippen LogP contribution in [0.2, 0.25) is 10.0 Å². The molecule has 0 radical (unpaired) electrons. The molecule has 3 aliphatic rings. The summed E-state index contributed by atoms with van der Waals surface area (Å²) in [6, 6.07) is 10.2. The van der Waals surface area contributed by atoms with Gasteiger partial charge in [0.1, 0.15) is 0 Å². The van der Waals surface area contributed by atoms with Gasteiger partial charge in [-0.2, -0.15) is 0 Å². The molecule has 1 aliphatic heterocycles. The van der Waals surface area contributed by atoms with E-state index >= 15 is 0 Å². The summed E-state index contributed by atoms with van der Waals surface area (Å²) in [5, 5.41) is 6.98. The molecular formula is C32H34Cl2N2O5. The Kier molecular flexibility index (Phi) is 7.72. The third kappa shape index (κ3) is 6.02. The normalized spacial score (nSPS) is 19.8. The Balaban J connectivity index is 1.45. The van der Waals surface area contributed by atoms with Crippen LogP contribution in [0.4, 0.5) is 5.69 Å². The number of hydrogen-bond donors (Lipinski definition) is 2. The summed E-state index contributed by atoms with van der Waals surface area (Å²) >= 11 is 12.0. The molecule has 0 spiro atoms. The zero-order valence-electron chi connectivity index (χ0n) is 23.9. The van der Waals surface area contributed by atoms with Crippen molar-refractivity contribution in [3.8, 4) is 11.5 Å². The van der Waals surface area contributed by atoms with Crippen LogP contribution in [0.1, 0.15) is 64.9 Å². The van der Waals surface area contributed by atoms with Gasteiger partial charge in [-0.05, 0) is 59.6 Å². The molecule has 0 saturated carbocycles. The molecule has 1 amide bonds. The van der Waals surface area contributed by atoms with E-state index in [4.69, 9.17) is 32.7 Å². The number of hydrogen-bond acceptors (Lipinski definition) is 6. The standard InChI is InChI=1S/C32H34Cl2N2O5/c1-31(2)12-21-29(23(37)14-31)28(30-22(36-21)13-32(3,4)15-24(30)38)17-6-9-25(26(10-17)40-5)41-16-27(39)35-18-7-8-19(33)20(34)11-18/h6-11,28,36H,12-16H2,1-5H3,(H,35,39). The van der Waals surface area contributed by atoms with Crippen LogP contribution in [-0.2, 0) is 14.4 Å². The van der Waals surface area contributed by atoms with E-state index in [2.05, 4.69) is 38.3 Å². The highest BCUT2D eigenvalue weighted by Gasteiger charge is 2.46. The van der Waals surface area contributed by atoms with Gasteiger partial charge in [0.05, 0.1) is 17.2 Å². The van der Waals surface area contributed by atoms with Crippen LogP contribution >= 0.6 is 23.2 Å². The summed E-state index contributed by atoms with van der Waals surface area (Å²) in [6.07, 6.45) is 2.28. The average molecular weight is 598 g/mol. The van der Waals surface area contributed by atoms with Crippen LogP contribution in [0.15, 0.2) is 58.9 Å². The van der Waals surface area contributed by atoms with Crippen LogP contribution in [0.3, 0.4) is 0 Å². The number of rotatable bonds is 6. The van der Waals surface area contributed by atoms with E-state index in [1.54, 1.807) is 30.3 Å². The summed E-state index contributed by atoms with van der Waals surface area (Å²) in [7, 11) is 1.52. The molecule has 41 heavy (non-hydrogen) atoms. The minimum atomic E-state index is -0.491. The number of methoxy groups -OCH3 is 1. The van der Waals surface area contributed by atoms with Crippen molar-refractivity contribution >= 4 is 46.4 Å². The third-order valence-electron chi connectivity index (χ3n) is 7.80. The summed E-state index contributed by atoms with van der Waals surface area (Å²) in [4.78, 5) is 39.7. The molecule has 0 fully saturated rings. The van der Waals surface area contributed by atoms with Gasteiger partial charge in [-0.1, -0.05) is 57.0 Å². The van der Waals surface area contributed by atoms with E-state index < -0.39 is 5.92 Å². The van der Waals surface area contributed by atoms with Crippen molar-refractivity contribution in [2.45, 2.75) is 59.3 Å². The van der Waals surface area contributed by atoms with Gasteiger partial charge < -0.3 is 20.1 Å². The van der Waals surface area contributed by atoms with E-state index in [0.717, 1.165) is 29.8 Å². The van der Waals surface area contributed by atoms with Crippen molar-refractivity contribution in [2.24, 2.45) is 10.8 Å². The van der Waals surface area contributed by atoms with E-state index in [1.807, 2.05) is 6.07 Å². The lowest BCUT2D eigenvalue weighted by atomic mass is 9.64. The van der Waals surface area contributed by atoms with Gasteiger partial charge in [0.15, 0.2) is 29.7 Å². The summed E-state index contributed by atoms with van der Waals surface area (Å²) < 4.78 is 11.4. The zero-order valence-corrected chi connectivity index (χ0v) is 25.4. The lowest BCUT2D eigenvalue weighted by Crippen LogP contribution is -2.42. The Labute approximate surface area is 250 Å². The second kappa shape index (κ2) is 10.8. The first-order valence-electron chi connectivity index (χ1n) is 13.6. The van der Waals surface area contributed by atoms with E-state index in [9.17, 15) is 14.4 Å². The Bertz CT molecular complexity index is 1470. The summed E-state index contributed by atoms with van der Waals surface area (Å²) in [6.45, 7) is 8.11. The molecule has 1 heterocycles. The lowest BCUT2D eigenvalue weighted by Gasteiger charge is -2.44. The molecule has 5 rings (SSSR count). The van der Waals surface area contributed by atoms with E-state index in [1.165, 1.54) is 7.11 Å². The fraction of sp³-hybridized carbons (Fsp3) is 0.406. The highest BCUT2D eigenvalue weighted by molar-refractivity contribution is 6.42. The van der Waals surface area contributed by atoms with Gasteiger partial charge in [0.25, 0.3) is 5.91 Å². The molecule has 2 aliphatic carbocycles. The van der Waals surface area contributed by atoms with Crippen molar-refractivity contribution in [1.82, 2.24) is 5.32 Å². The average Bonchev–Trinajstić information content (AvgIpc) is 2.87. The number of anilines is 1. The predicted molar refractivity (Wildman–Crippen MR) is 160 cm³/mol. The predicted octanol–water partition coefficient (Wildman–Crippen LogP) is 6.99. The molecule has 9 heteroatoms. The highest BCUT2D eigenvalue weighted by atomic mass is 35.5. The maximum absolute atomic E-state index is 13.6. The van der Waals surface area contributed by atoms with Gasteiger partial charge in [0, 0.05) is 47.0 Å². The quantitative estimate of drug-likeness (QED) is 0.373. The van der Waals surface area contributed by atoms with Gasteiger partial charge in [-0.25, -0.2) is 0 Å². The molecule has 0 atom stereocenters. The Morgan fingerprint density at radius 1 is 0.878 bits per heavy atom. The minimum absolute atomic E-state index is 0.0520. The van der Waals surface area contributed by atoms with Gasteiger partial charge in [-0.3, -0.25) is 14.4 Å². The van der Waals surface area contributed by atoms with Gasteiger partial charge in [0.2, 0.25) is 0 Å². The number of dihydropyridines is 1. The molecule has 0 aromatic heterocycles. The number of carbonyl (C=O) groups is 3. The number of allylic oxidation sites excluding steroid dienone is 4. The first-order valence-corrected chi connectivity index (χ1v) is 14.4. The number of ether oxygens (including phenoxy) is 2. The molecule has 0 saturated heterocycles. The van der Waals surface area contributed by atoms with Crippen LogP contribution in [0, 0.1) is 10.8 Å². The number of Topliss-reactive ketones (excluding diaryl/α,β-unsaturated/α-hetero) is 2. The second-order valence-electron chi connectivity index (χ2n) is 12.6. The smallest absolute Gasteiger partial charge is 0.262 e. The Morgan fingerprint density at radius 2 is 1.49 bits per heavy atom. The highest BCUT2D eigenvalue weighted by Crippen LogP contribution is 2.51. The van der Waals surface area contributed by atoms with Crippen molar-refractivity contribution in [2.75, 3.05) is 19.0 Å². The molecule has 2 aromatic rings. The Morgan fingerprint density at radius 3 is 2.05 bits per heavy atom. The lowest BCUT2D eigenvalue weighted by molar-refractivity contribution is -0.119. The first kappa shape index (κ1) is 29.2. The molecular weight excluding hydrogens is 563 g/mol. The van der Waals surface area contributed by atoms with Crippen molar-refractivity contribution in [3.05, 3.63) is 74.5 Å². The molecule has 0 unspecified atom stereocenters. The number of carbonyl (C=O) groups excluding carboxylic acids is 3. The molecule has 7 nitrogen and oxygen atoms in total. The van der Waals surface area contributed by atoms with Gasteiger partial charge in [-0.15, -0.1) is 0 Å². The second-order valence-corrected chi connectivity index (χ2v) is 13.4. The number of halogens is 2. The largest absolute Gasteiger partial charge is 0.493 e. The topological polar surface area (TPSA) is 93.7 Å². The van der Waals surface area contributed by atoms with E-state index in [-0.39, 0.29) is 34.9 Å². The number of benzene rings is 2. The number of ketones is 2. The van der Waals surface area contributed by atoms with Crippen molar-refractivity contribution in [1.29, 1.82) is 0 Å². The van der Waals surface area contributed by atoms with E-state index in [0.29, 0.717) is 51.2 Å². The molecule has 216 valence electrons. The van der Waals surface area contributed by atoms with Gasteiger partial charge >= 0.3 is 0 Å². The molecule has 2 N–H and O–H groups in total. The molecule has 2 aromatic carbocycles. The SMILES string of the molecule is COc1cc(C2C3=C(CC(C)(C)CC3=O)NC3=C2C(=O)CC(C)(C)C3)ccc1OCC(=O)Nc1ccc(Cl)c(Cl)c1. The first-order chi connectivity index (χ1) is 19.3. The van der Waals surface area contributed by atoms with Crippen LogP contribution in [-0.4, -0.2) is 31.2 Å². The van der Waals surface area contributed by atoms with Crippen molar-refractivity contribution in [3.63, 3.8) is 0 Å². The Hall–Kier alpha value is -3.29. The zero-order chi connectivity index (χ0) is 29.7. The van der Waals surface area contributed by atoms with Crippen LogP contribution in [0.5, 0.6) is 11.5 Å². The molecule has 0 bridgehead atoms. The van der Waals surface area contributed by atoms with Crippen LogP contribution in [0.25, 0.3) is 0 Å². The minimum Gasteiger partial charge on any atom is -0.493 e. The van der Waals surface area contributed by atoms with Crippen molar-refractivity contribution < 1.29 is 23.9 Å². The summed E-state index contributed by atoms with van der Waals surface area (Å²) in [5.74, 6) is -0.00464. The number of amides is 1. The fourth-order valence-corrected chi connectivity index (χ4v) is 6.42. The number of nitrogens with one attached hydrogen (secondary N) is 2. The maximum Gasteiger partial charge on any atom is 0.262 e. The summed E-state index contributed by atoms with van der Waals surface area (Å²) in [5.41, 5.74) is 4.05. The maximum atomic E-state index is 13.6. The monoisotopic (exact) mass is 596 g/mol. The van der Waals surface area contributed by atoms with Crippen LogP contribution < -0.4 is 20.1 Å².